The largest absolute Gasteiger partial charge is 0.495 e. The zero-order valence-electron chi connectivity index (χ0n) is 49.7. The summed E-state index contributed by atoms with van der Waals surface area (Å²) in [6.07, 6.45) is 12.5. The van der Waals surface area contributed by atoms with Gasteiger partial charge in [-0.1, -0.05) is 87.4 Å². The summed E-state index contributed by atoms with van der Waals surface area (Å²) in [6, 6.07) is 29.5. The first-order valence-corrected chi connectivity index (χ1v) is 29.7. The molecule has 444 valence electrons. The zero-order chi connectivity index (χ0) is 58.1. The minimum Gasteiger partial charge on any atom is -0.495 e. The minimum atomic E-state index is -2.43. The number of fused-ring (bicyclic) bond motifs is 2. The van der Waals surface area contributed by atoms with Gasteiger partial charge in [-0.3, -0.25) is 4.79 Å². The second-order valence-electron chi connectivity index (χ2n) is 25.4. The molecule has 7 fully saturated rings. The summed E-state index contributed by atoms with van der Waals surface area (Å²) in [7, 11) is 3.06. The van der Waals surface area contributed by atoms with Gasteiger partial charge in [0.25, 0.3) is 11.8 Å². The smallest absolute Gasteiger partial charge is 0.410 e. The van der Waals surface area contributed by atoms with Crippen LogP contribution < -0.4 is 4.74 Å². The van der Waals surface area contributed by atoms with Gasteiger partial charge in [-0.2, -0.15) is 10.5 Å². The number of amides is 2. The number of hydrogen-bond donors (Lipinski definition) is 0. The van der Waals surface area contributed by atoms with Crippen LogP contribution in [0.4, 0.5) is 13.6 Å². The molecule has 13 nitrogen and oxygen atoms in total. The number of carbonyl (C=O) groups is 2. The third-order valence-corrected chi connectivity index (χ3v) is 18.6. The first kappa shape index (κ1) is 63.6. The first-order chi connectivity index (χ1) is 38.7. The molecule has 3 aliphatic carbocycles. The van der Waals surface area contributed by atoms with Crippen LogP contribution in [0, 0.1) is 74.0 Å². The Bertz CT molecular complexity index is 2780. The van der Waals surface area contributed by atoms with Gasteiger partial charge in [-0.05, 0) is 170 Å². The maximum atomic E-state index is 13.3. The summed E-state index contributed by atoms with van der Waals surface area (Å²) in [6.45, 7) is 23.6. The lowest BCUT2D eigenvalue weighted by atomic mass is 9.76. The second kappa shape index (κ2) is 27.6. The fourth-order valence-corrected chi connectivity index (χ4v) is 14.3. The van der Waals surface area contributed by atoms with E-state index in [-0.39, 0.29) is 43.8 Å². The summed E-state index contributed by atoms with van der Waals surface area (Å²) < 4.78 is 39.2. The van der Waals surface area contributed by atoms with Crippen molar-refractivity contribution in [3.8, 4) is 17.9 Å². The normalized spacial score (nSPS) is 24.2. The number of alkyl halides is 2. The Balaban J connectivity index is 0.000000177. The lowest BCUT2D eigenvalue weighted by Crippen LogP contribution is -2.40. The second-order valence-corrected chi connectivity index (χ2v) is 25.4. The van der Waals surface area contributed by atoms with E-state index in [1.807, 2.05) is 64.3 Å². The number of benzene rings is 2. The van der Waals surface area contributed by atoms with Crippen LogP contribution in [0.25, 0.3) is 0 Å². The molecule has 0 spiro atoms. The van der Waals surface area contributed by atoms with E-state index in [0.717, 1.165) is 99.6 Å². The number of nitriles is 2. The van der Waals surface area contributed by atoms with Gasteiger partial charge in [-0.25, -0.2) is 23.5 Å². The van der Waals surface area contributed by atoms with Gasteiger partial charge in [-0.15, -0.1) is 0 Å². The molecule has 4 aromatic rings. The molecule has 4 saturated heterocycles. The van der Waals surface area contributed by atoms with Crippen LogP contribution >= 0.6 is 0 Å². The van der Waals surface area contributed by atoms with Crippen molar-refractivity contribution in [3.05, 3.63) is 123 Å². The number of carbonyl (C=O) groups excluding carboxylic acids is 2. The molecule has 5 atom stereocenters. The predicted molar refractivity (Wildman–Crippen MR) is 318 cm³/mol. The SMILES string of the molecule is C.CC(C)(C)OC(=O)N1CCC(CCN2CC3CCCC3C2)(c2ccccc2)C1.COC1CC(F)(F)C1.COc1c(C)cc(C#N)nc1C.Cc1cc(C#N)nc(C)c1C(=O)N1CC2CN(CCC3(c4ccccc4)CCCC3)CC2C1. The highest BCUT2D eigenvalue weighted by molar-refractivity contribution is 5.97. The van der Waals surface area contributed by atoms with Crippen LogP contribution in [0.1, 0.15) is 161 Å². The molecule has 0 bridgehead atoms. The summed E-state index contributed by atoms with van der Waals surface area (Å²) >= 11 is 0. The highest BCUT2D eigenvalue weighted by atomic mass is 19.3. The number of hydrogen-bond acceptors (Lipinski definition) is 11. The first-order valence-electron chi connectivity index (χ1n) is 29.7. The number of rotatable bonds is 11. The van der Waals surface area contributed by atoms with E-state index in [9.17, 15) is 18.4 Å². The molecule has 82 heavy (non-hydrogen) atoms. The third kappa shape index (κ3) is 15.6. The van der Waals surface area contributed by atoms with Crippen molar-refractivity contribution in [1.29, 1.82) is 10.5 Å². The Labute approximate surface area is 488 Å². The summed E-state index contributed by atoms with van der Waals surface area (Å²) in [5.74, 6) is 1.42. The van der Waals surface area contributed by atoms with Crippen molar-refractivity contribution in [2.75, 3.05) is 79.7 Å². The van der Waals surface area contributed by atoms with Crippen LogP contribution in [0.2, 0.25) is 0 Å². The fraction of sp³-hybridized carbons (Fsp3) is 0.612. The summed E-state index contributed by atoms with van der Waals surface area (Å²) in [5.41, 5.74) is 7.59. The maximum absolute atomic E-state index is 13.3. The van der Waals surface area contributed by atoms with E-state index in [1.54, 1.807) is 19.2 Å². The predicted octanol–water partition coefficient (Wildman–Crippen LogP) is 12.8. The van der Waals surface area contributed by atoms with Gasteiger partial charge < -0.3 is 33.8 Å². The van der Waals surface area contributed by atoms with Crippen LogP contribution in [0.3, 0.4) is 0 Å². The van der Waals surface area contributed by atoms with Gasteiger partial charge in [0.1, 0.15) is 34.9 Å². The molecule has 7 aliphatic rings. The topological polar surface area (TPSA) is 148 Å². The Hall–Kier alpha value is -6.00. The molecule has 2 aromatic carbocycles. The average Bonchev–Trinajstić information content (AvgIpc) is 4.49. The van der Waals surface area contributed by atoms with Crippen molar-refractivity contribution < 1.29 is 32.6 Å². The number of ether oxygens (including phenoxy) is 3. The highest BCUT2D eigenvalue weighted by Crippen LogP contribution is 2.46. The number of halogens is 2. The van der Waals surface area contributed by atoms with E-state index in [0.29, 0.717) is 39.9 Å². The average molecular weight is 1130 g/mol. The molecule has 2 aromatic heterocycles. The van der Waals surface area contributed by atoms with Crippen molar-refractivity contribution in [2.24, 2.45) is 23.7 Å². The Morgan fingerprint density at radius 3 is 1.63 bits per heavy atom. The standard InChI is InChI=1S/C28H34N4O.C24H36N2O2.C9H10N2O.C5H8F2O.CH4/c1-20-14-25(15-29)30-21(2)26(20)27(33)32-18-22-16-31(17-23(22)19-32)13-12-28(10-6-7-11-28)24-8-4-3-5-9-24;1-23(2,3)28-22(27)26-15-13-24(18-26,21-10-5-4-6-11-21)12-14-25-16-19-8-7-9-20(19)17-25;1-6-4-8(5-10)11-7(2)9(6)12-3;1-8-4-2-5(6,7)3-4;/h3-5,8-9,14,22-23H,6-7,10-13,16-19H2,1-2H3;4-6,10-11,19-20H,7-9,12-18H2,1-3H3;4H,1-3H3;4H,2-3H2,1H3;1H4. The molecular weight excluding hydrogens is 1030 g/mol. The number of methoxy groups -OCH3 is 2. The van der Waals surface area contributed by atoms with Crippen LogP contribution in [-0.2, 0) is 20.3 Å². The molecule has 6 heterocycles. The van der Waals surface area contributed by atoms with Crippen LogP contribution in [0.5, 0.6) is 5.75 Å². The molecule has 4 aliphatic heterocycles. The van der Waals surface area contributed by atoms with E-state index in [2.05, 4.69) is 91.2 Å². The van der Waals surface area contributed by atoms with E-state index < -0.39 is 11.5 Å². The van der Waals surface area contributed by atoms with Gasteiger partial charge >= 0.3 is 6.09 Å². The van der Waals surface area contributed by atoms with Gasteiger partial charge in [0.15, 0.2) is 0 Å². The van der Waals surface area contributed by atoms with Gasteiger partial charge in [0.05, 0.1) is 30.2 Å². The molecule has 5 unspecified atom stereocenters. The zero-order valence-corrected chi connectivity index (χ0v) is 49.7. The van der Waals surface area contributed by atoms with Crippen molar-refractivity contribution in [2.45, 2.75) is 161 Å². The van der Waals surface area contributed by atoms with Gasteiger partial charge in [0.2, 0.25) is 0 Å². The van der Waals surface area contributed by atoms with Gasteiger partial charge in [0, 0.05) is 77.7 Å². The molecule has 0 N–H and O–H groups in total. The fourth-order valence-electron chi connectivity index (χ4n) is 14.3. The highest BCUT2D eigenvalue weighted by Gasteiger charge is 2.47. The molecule has 15 heteroatoms. The van der Waals surface area contributed by atoms with Crippen molar-refractivity contribution in [1.82, 2.24) is 29.6 Å². The van der Waals surface area contributed by atoms with Crippen LogP contribution in [0.15, 0.2) is 72.8 Å². The lowest BCUT2D eigenvalue weighted by molar-refractivity contribution is -0.155. The van der Waals surface area contributed by atoms with Crippen molar-refractivity contribution in [3.63, 3.8) is 0 Å². The molecule has 0 radical (unpaired) electrons. The summed E-state index contributed by atoms with van der Waals surface area (Å²) in [5, 5.41) is 17.7. The molecule has 2 amide bonds. The van der Waals surface area contributed by atoms with E-state index in [4.69, 9.17) is 20.0 Å². The summed E-state index contributed by atoms with van der Waals surface area (Å²) in [4.78, 5) is 43.6. The van der Waals surface area contributed by atoms with E-state index >= 15 is 0 Å². The molecular formula is C67H92F2N8O5. The molecule has 11 rings (SSSR count). The number of nitrogens with zero attached hydrogens (tertiary/aromatic N) is 8. The number of aromatic nitrogens is 2. The Kier molecular flexibility index (Phi) is 21.4. The maximum Gasteiger partial charge on any atom is 0.410 e. The van der Waals surface area contributed by atoms with Crippen molar-refractivity contribution >= 4 is 12.0 Å². The molecule has 3 saturated carbocycles. The Morgan fingerprint density at radius 1 is 0.671 bits per heavy atom. The lowest BCUT2D eigenvalue weighted by Gasteiger charge is -2.33. The monoisotopic (exact) mass is 1130 g/mol. The van der Waals surface area contributed by atoms with Crippen LogP contribution in [-0.4, -0.2) is 139 Å². The number of aryl methyl sites for hydroxylation is 4. The minimum absolute atomic E-state index is 0. The Morgan fingerprint density at radius 2 is 1.17 bits per heavy atom. The third-order valence-electron chi connectivity index (χ3n) is 18.6. The van der Waals surface area contributed by atoms with E-state index in [1.165, 1.54) is 82.7 Å². The number of likely N-dealkylation sites (tertiary alicyclic amines) is 4. The quantitative estimate of drug-likeness (QED) is 0.141. The number of pyridine rings is 2.